The van der Waals surface area contributed by atoms with Gasteiger partial charge < -0.3 is 4.74 Å². The molecule has 0 atom stereocenters. The fourth-order valence-corrected chi connectivity index (χ4v) is 3.25. The molecule has 0 aliphatic carbocycles. The molecule has 0 bridgehead atoms. The highest BCUT2D eigenvalue weighted by molar-refractivity contribution is 9.25. The Morgan fingerprint density at radius 2 is 1.88 bits per heavy atom. The van der Waals surface area contributed by atoms with E-state index in [1.54, 1.807) is 0 Å². The lowest BCUT2D eigenvalue weighted by Crippen LogP contribution is -2.01. The topological polar surface area (TPSA) is 26.3 Å². The van der Waals surface area contributed by atoms with Gasteiger partial charge in [0, 0.05) is 6.08 Å². The van der Waals surface area contributed by atoms with E-state index in [4.69, 9.17) is 4.74 Å². The highest BCUT2D eigenvalue weighted by Gasteiger charge is 1.99. The molecule has 0 aliphatic rings. The molecule has 0 aromatic carbocycles. The van der Waals surface area contributed by atoms with Crippen LogP contribution in [0.4, 0.5) is 0 Å². The molecule has 0 fully saturated rings. The molecule has 5 heteroatoms. The number of carbonyl (C=O) groups excluding carboxylic acids is 1. The molecule has 0 unspecified atom stereocenters. The van der Waals surface area contributed by atoms with Gasteiger partial charge in [-0.3, -0.25) is 0 Å². The van der Waals surface area contributed by atoms with Gasteiger partial charge in [-0.05, 0) is 6.42 Å². The van der Waals surface area contributed by atoms with Crippen LogP contribution in [0, 0.1) is 0 Å². The summed E-state index contributed by atoms with van der Waals surface area (Å²) in [5, 5.41) is 0. The summed E-state index contributed by atoms with van der Waals surface area (Å²) in [5.41, 5.74) is 0. The second-order valence-corrected chi connectivity index (χ2v) is 9.63. The Morgan fingerprint density at radius 3 is 2.50 bits per heavy atom. The van der Waals surface area contributed by atoms with Crippen LogP contribution in [-0.2, 0) is 9.53 Å². The van der Waals surface area contributed by atoms with Crippen molar-refractivity contribution in [3.8, 4) is 0 Å². The third kappa shape index (κ3) is 12.5. The first-order valence-electron chi connectivity index (χ1n) is 5.47. The number of esters is 1. The molecule has 0 aromatic rings. The van der Waals surface area contributed by atoms with Crippen molar-refractivity contribution in [2.75, 3.05) is 6.61 Å². The molecule has 0 N–H and O–H groups in total. The van der Waals surface area contributed by atoms with Gasteiger partial charge in [-0.25, -0.2) is 4.79 Å². The number of rotatable bonds is 10. The Hall–Kier alpha value is 0.387. The molecule has 0 saturated carbocycles. The minimum atomic E-state index is -0.318. The number of ether oxygens (including phenoxy) is 1. The summed E-state index contributed by atoms with van der Waals surface area (Å²) in [6.45, 7) is 3.87. The summed E-state index contributed by atoms with van der Waals surface area (Å²) in [5.74, 6) is -0.318. The summed E-state index contributed by atoms with van der Waals surface area (Å²) >= 11 is 6.94. The van der Waals surface area contributed by atoms with Gasteiger partial charge in [0.25, 0.3) is 0 Å². The third-order valence-corrected chi connectivity index (χ3v) is 4.92. The molecule has 0 aromatic heterocycles. The highest BCUT2D eigenvalue weighted by atomic mass is 79.9. The predicted octanol–water partition coefficient (Wildman–Crippen LogP) is 3.86. The Kier molecular flexibility index (Phi) is 12.1. The van der Waals surface area contributed by atoms with Gasteiger partial charge in [0.05, 0.1) is 19.5 Å². The second-order valence-electron chi connectivity index (χ2n) is 3.39. The largest absolute Gasteiger partial charge is 0.463 e. The van der Waals surface area contributed by atoms with Crippen LogP contribution in [0.2, 0.25) is 6.04 Å². The van der Waals surface area contributed by atoms with Crippen LogP contribution in [-0.4, -0.2) is 25.5 Å². The van der Waals surface area contributed by atoms with Crippen molar-refractivity contribution in [1.82, 2.24) is 0 Å². The normalized spacial score (nSPS) is 10.4. The van der Waals surface area contributed by atoms with E-state index in [1.165, 1.54) is 31.4 Å². The van der Waals surface area contributed by atoms with E-state index in [-0.39, 0.29) is 5.97 Å². The smallest absolute Gasteiger partial charge is 0.330 e. The minimum Gasteiger partial charge on any atom is -0.463 e. The van der Waals surface area contributed by atoms with Crippen LogP contribution in [0.3, 0.4) is 0 Å². The Morgan fingerprint density at radius 1 is 1.25 bits per heavy atom. The van der Waals surface area contributed by atoms with Crippen LogP contribution in [0.5, 0.6) is 0 Å². The molecule has 0 saturated heterocycles. The standard InChI is InChI=1S/C11H18Br2O2Si/c1-2-10(14)15-8-6-4-3-5-7-9-16-11(12)13/h2,11H,1,3-9H2. The van der Waals surface area contributed by atoms with Crippen LogP contribution >= 0.6 is 31.9 Å². The molecular weight excluding hydrogens is 352 g/mol. The third-order valence-electron chi connectivity index (χ3n) is 2.03. The molecule has 0 amide bonds. The molecule has 0 heterocycles. The van der Waals surface area contributed by atoms with Crippen LogP contribution in [0.15, 0.2) is 12.7 Å². The summed E-state index contributed by atoms with van der Waals surface area (Å²) < 4.78 is 5.37. The fraction of sp³-hybridized carbons (Fsp3) is 0.727. The van der Waals surface area contributed by atoms with Crippen molar-refractivity contribution in [3.05, 3.63) is 12.7 Å². The van der Waals surface area contributed by atoms with Crippen LogP contribution in [0.1, 0.15) is 32.1 Å². The monoisotopic (exact) mass is 368 g/mol. The quantitative estimate of drug-likeness (QED) is 0.192. The van der Waals surface area contributed by atoms with Gasteiger partial charge in [-0.1, -0.05) is 70.2 Å². The maximum absolute atomic E-state index is 10.7. The van der Waals surface area contributed by atoms with Crippen molar-refractivity contribution in [3.63, 3.8) is 0 Å². The summed E-state index contributed by atoms with van der Waals surface area (Å²) in [7, 11) is 0.950. The molecule has 0 spiro atoms. The lowest BCUT2D eigenvalue weighted by molar-refractivity contribution is -0.137. The van der Waals surface area contributed by atoms with Crippen molar-refractivity contribution in [2.24, 2.45) is 0 Å². The average Bonchev–Trinajstić information content (AvgIpc) is 2.26. The van der Waals surface area contributed by atoms with E-state index in [1.807, 2.05) is 0 Å². The Balaban J connectivity index is 3.04. The highest BCUT2D eigenvalue weighted by Crippen LogP contribution is 2.11. The molecule has 2 nitrogen and oxygen atoms in total. The maximum atomic E-state index is 10.7. The van der Waals surface area contributed by atoms with Gasteiger partial charge in [0.1, 0.15) is 0 Å². The lowest BCUT2D eigenvalue weighted by Gasteiger charge is -2.03. The van der Waals surface area contributed by atoms with E-state index < -0.39 is 0 Å². The average molecular weight is 370 g/mol. The molecule has 16 heavy (non-hydrogen) atoms. The SMILES string of the molecule is C=CC(=O)OCCCCCCC[Si]C(Br)Br. The first-order valence-corrected chi connectivity index (χ1v) is 8.59. The van der Waals surface area contributed by atoms with Gasteiger partial charge in [-0.15, -0.1) is 0 Å². The molecular formula is C11H18Br2O2Si. The van der Waals surface area contributed by atoms with Gasteiger partial charge in [0.15, 0.2) is 0 Å². The maximum Gasteiger partial charge on any atom is 0.330 e. The van der Waals surface area contributed by atoms with Gasteiger partial charge >= 0.3 is 5.97 Å². The number of alkyl halides is 2. The molecule has 0 rings (SSSR count). The Bertz CT molecular complexity index is 198. The van der Waals surface area contributed by atoms with E-state index in [2.05, 4.69) is 38.4 Å². The van der Waals surface area contributed by atoms with E-state index in [0.29, 0.717) is 9.97 Å². The van der Waals surface area contributed by atoms with Gasteiger partial charge in [-0.2, -0.15) is 0 Å². The summed E-state index contributed by atoms with van der Waals surface area (Å²) in [4.78, 5) is 10.7. The lowest BCUT2D eigenvalue weighted by atomic mass is 10.2. The molecule has 2 radical (unpaired) electrons. The van der Waals surface area contributed by atoms with Crippen molar-refractivity contribution in [2.45, 2.75) is 41.5 Å². The predicted molar refractivity (Wildman–Crippen MR) is 76.4 cm³/mol. The Labute approximate surface area is 117 Å². The van der Waals surface area contributed by atoms with Crippen molar-refractivity contribution < 1.29 is 9.53 Å². The van der Waals surface area contributed by atoms with E-state index in [9.17, 15) is 4.79 Å². The summed E-state index contributed by atoms with van der Waals surface area (Å²) in [6, 6.07) is 1.28. The number of carbonyl (C=O) groups is 1. The van der Waals surface area contributed by atoms with E-state index >= 15 is 0 Å². The second kappa shape index (κ2) is 11.9. The molecule has 92 valence electrons. The zero-order valence-corrected chi connectivity index (χ0v) is 13.6. The van der Waals surface area contributed by atoms with Crippen molar-refractivity contribution in [1.29, 1.82) is 0 Å². The van der Waals surface area contributed by atoms with Crippen LogP contribution in [0.25, 0.3) is 0 Å². The number of hydrogen-bond donors (Lipinski definition) is 0. The molecule has 0 aliphatic heterocycles. The van der Waals surface area contributed by atoms with Crippen molar-refractivity contribution >= 4 is 47.3 Å². The first kappa shape index (κ1) is 16.4. The fourth-order valence-electron chi connectivity index (χ4n) is 1.20. The van der Waals surface area contributed by atoms with E-state index in [0.717, 1.165) is 22.4 Å². The number of hydrogen-bond acceptors (Lipinski definition) is 2. The van der Waals surface area contributed by atoms with Crippen LogP contribution < -0.4 is 0 Å². The number of halogens is 2. The number of unbranched alkanes of at least 4 members (excludes halogenated alkanes) is 4. The van der Waals surface area contributed by atoms with Gasteiger partial charge in [0.2, 0.25) is 0 Å². The summed E-state index contributed by atoms with van der Waals surface area (Å²) in [6.07, 6.45) is 7.10. The minimum absolute atomic E-state index is 0.318. The zero-order chi connectivity index (χ0) is 12.2. The first-order chi connectivity index (χ1) is 7.66. The zero-order valence-electron chi connectivity index (χ0n) is 9.38.